The first-order valence-corrected chi connectivity index (χ1v) is 14.3. The Labute approximate surface area is 233 Å². The second-order valence-electron chi connectivity index (χ2n) is 9.65. The molecular formula is C29H32FN5O4S. The van der Waals surface area contributed by atoms with Crippen molar-refractivity contribution >= 4 is 44.2 Å². The molecule has 11 heteroatoms. The van der Waals surface area contributed by atoms with Crippen molar-refractivity contribution in [3.63, 3.8) is 0 Å². The highest BCUT2D eigenvalue weighted by Gasteiger charge is 2.20. The van der Waals surface area contributed by atoms with Crippen LogP contribution in [0.15, 0.2) is 71.6 Å². The van der Waals surface area contributed by atoms with Crippen LogP contribution in [-0.4, -0.2) is 56.8 Å². The number of para-hydroxylation sites is 2. The maximum atomic E-state index is 14.1. The molecule has 0 unspecified atom stereocenters. The fraction of sp³-hybridized carbons (Fsp3) is 0.276. The Kier molecular flexibility index (Phi) is 9.28. The van der Waals surface area contributed by atoms with Gasteiger partial charge in [0.1, 0.15) is 17.3 Å². The Hall–Kier alpha value is -4.09. The quantitative estimate of drug-likeness (QED) is 0.214. The topological polar surface area (TPSA) is 114 Å². The molecule has 1 heterocycles. The summed E-state index contributed by atoms with van der Waals surface area (Å²) in [5, 5.41) is 2.97. The number of hydrogen-bond donors (Lipinski definition) is 2. The molecule has 0 bridgehead atoms. The molecule has 0 fully saturated rings. The van der Waals surface area contributed by atoms with E-state index in [9.17, 15) is 17.6 Å². The lowest BCUT2D eigenvalue weighted by molar-refractivity contribution is -0.119. The summed E-state index contributed by atoms with van der Waals surface area (Å²) in [5.41, 5.74) is 2.17. The number of sulfonamides is 1. The molecule has 1 aromatic heterocycles. The van der Waals surface area contributed by atoms with Crippen LogP contribution in [-0.2, 0) is 21.2 Å². The number of methoxy groups -OCH3 is 1. The number of nitrogens with one attached hydrogen (secondary N) is 2. The van der Waals surface area contributed by atoms with Crippen LogP contribution in [0.2, 0.25) is 0 Å². The van der Waals surface area contributed by atoms with Crippen LogP contribution in [0.1, 0.15) is 24.8 Å². The molecule has 0 aliphatic heterocycles. The van der Waals surface area contributed by atoms with Gasteiger partial charge in [-0.15, -0.1) is 0 Å². The van der Waals surface area contributed by atoms with Gasteiger partial charge in [0.05, 0.1) is 29.6 Å². The van der Waals surface area contributed by atoms with Gasteiger partial charge >= 0.3 is 0 Å². The van der Waals surface area contributed by atoms with Crippen LogP contribution >= 0.6 is 0 Å². The lowest BCUT2D eigenvalue weighted by atomic mass is 10.1. The van der Waals surface area contributed by atoms with Crippen LogP contribution in [0.4, 0.5) is 21.7 Å². The molecule has 2 N–H and O–H groups in total. The number of aryl methyl sites for hydroxylation is 1. The molecule has 0 atom stereocenters. The van der Waals surface area contributed by atoms with Gasteiger partial charge in [-0.3, -0.25) is 9.52 Å². The zero-order valence-electron chi connectivity index (χ0n) is 22.6. The Morgan fingerprint density at radius 1 is 0.950 bits per heavy atom. The van der Waals surface area contributed by atoms with Crippen molar-refractivity contribution in [1.29, 1.82) is 0 Å². The molecule has 0 spiro atoms. The summed E-state index contributed by atoms with van der Waals surface area (Å²) >= 11 is 0. The number of nitrogens with zero attached hydrogens (tertiary/aromatic N) is 3. The van der Waals surface area contributed by atoms with Gasteiger partial charge in [0.2, 0.25) is 0 Å². The molecule has 0 saturated heterocycles. The van der Waals surface area contributed by atoms with E-state index < -0.39 is 15.8 Å². The number of carbonyl (C=O) groups excluding carboxylic acids is 1. The van der Waals surface area contributed by atoms with E-state index in [1.54, 1.807) is 42.5 Å². The van der Waals surface area contributed by atoms with E-state index in [2.05, 4.69) is 20.0 Å². The van der Waals surface area contributed by atoms with Gasteiger partial charge in [0.15, 0.2) is 11.6 Å². The molecule has 0 amide bonds. The normalized spacial score (nSPS) is 11.5. The summed E-state index contributed by atoms with van der Waals surface area (Å²) in [6.45, 7) is 0.417. The predicted molar refractivity (Wildman–Crippen MR) is 154 cm³/mol. The third kappa shape index (κ3) is 7.73. The maximum absolute atomic E-state index is 14.1. The fourth-order valence-electron chi connectivity index (χ4n) is 4.19. The number of ketones is 1. The van der Waals surface area contributed by atoms with E-state index in [4.69, 9.17) is 4.74 Å². The summed E-state index contributed by atoms with van der Waals surface area (Å²) in [6, 6.07) is 17.7. The lowest BCUT2D eigenvalue weighted by Crippen LogP contribution is -2.21. The monoisotopic (exact) mass is 565 g/mol. The molecule has 0 radical (unpaired) electrons. The van der Waals surface area contributed by atoms with Gasteiger partial charge < -0.3 is 15.0 Å². The lowest BCUT2D eigenvalue weighted by Gasteiger charge is -2.15. The average Bonchev–Trinajstić information content (AvgIpc) is 2.90. The minimum absolute atomic E-state index is 0.0354. The van der Waals surface area contributed by atoms with Crippen molar-refractivity contribution in [2.24, 2.45) is 0 Å². The number of fused-ring (bicyclic) bond motifs is 1. The number of anilines is 3. The zero-order valence-corrected chi connectivity index (χ0v) is 23.5. The number of benzene rings is 3. The first-order chi connectivity index (χ1) is 19.1. The number of ether oxygens (including phenoxy) is 1. The van der Waals surface area contributed by atoms with Gasteiger partial charge in [-0.1, -0.05) is 24.3 Å². The van der Waals surface area contributed by atoms with Crippen molar-refractivity contribution in [2.45, 2.75) is 30.6 Å². The number of Topliss-reactive ketones (excluding diaryl/α,β-unsaturated/α-hetero) is 1. The first kappa shape index (κ1) is 28.9. The summed E-state index contributed by atoms with van der Waals surface area (Å²) < 4.78 is 48.7. The summed E-state index contributed by atoms with van der Waals surface area (Å²) in [7, 11) is 1.10. The third-order valence-corrected chi connectivity index (χ3v) is 7.38. The molecule has 4 aromatic rings. The van der Waals surface area contributed by atoms with Crippen LogP contribution in [0.25, 0.3) is 11.0 Å². The van der Waals surface area contributed by atoms with Gasteiger partial charge in [-0.05, 0) is 69.3 Å². The number of hydrogen-bond acceptors (Lipinski definition) is 8. The standard InChI is InChI=1S/C29H32FN5O4S/c1-35(2)19-23(36)11-5-4-9-20-10-8-12-25(15-20)40(37,38)34-29-28(32-26-13-6-7-14-27(26)33-29)31-22-16-21(30)17-24(18-22)39-3/h6-8,10,12-18H,4-5,9,11,19H2,1-3H3,(H,31,32)(H,33,34). The largest absolute Gasteiger partial charge is 0.497 e. The summed E-state index contributed by atoms with van der Waals surface area (Å²) in [6.07, 6.45) is 2.62. The van der Waals surface area contributed by atoms with Crippen LogP contribution in [0.3, 0.4) is 0 Å². The number of halogens is 1. The second kappa shape index (κ2) is 12.8. The van der Waals surface area contributed by atoms with E-state index in [0.29, 0.717) is 36.1 Å². The summed E-state index contributed by atoms with van der Waals surface area (Å²) in [5.74, 6) is 0.0113. The Morgan fingerprint density at radius 2 is 1.68 bits per heavy atom. The van der Waals surface area contributed by atoms with E-state index in [0.717, 1.165) is 18.4 Å². The zero-order chi connectivity index (χ0) is 28.7. The fourth-order valence-corrected chi connectivity index (χ4v) is 5.26. The Morgan fingerprint density at radius 3 is 2.38 bits per heavy atom. The second-order valence-corrected chi connectivity index (χ2v) is 11.3. The molecule has 0 aliphatic carbocycles. The SMILES string of the molecule is COc1cc(F)cc(Nc2nc3ccccc3nc2NS(=O)(=O)c2cccc(CCCCC(=O)CN(C)C)c2)c1. The van der Waals surface area contributed by atoms with Crippen molar-refractivity contribution in [1.82, 2.24) is 14.9 Å². The third-order valence-electron chi connectivity index (χ3n) is 6.04. The van der Waals surface area contributed by atoms with Gasteiger partial charge in [-0.2, -0.15) is 0 Å². The number of unbranched alkanes of at least 4 members (excludes halogenated alkanes) is 1. The van der Waals surface area contributed by atoms with Gasteiger partial charge in [0, 0.05) is 24.2 Å². The number of aromatic nitrogens is 2. The van der Waals surface area contributed by atoms with E-state index >= 15 is 0 Å². The molecule has 0 saturated carbocycles. The highest BCUT2D eigenvalue weighted by molar-refractivity contribution is 7.92. The minimum atomic E-state index is -4.05. The molecule has 3 aromatic carbocycles. The maximum Gasteiger partial charge on any atom is 0.263 e. The predicted octanol–water partition coefficient (Wildman–Crippen LogP) is 5.17. The molecule has 0 aliphatic rings. The van der Waals surface area contributed by atoms with Gasteiger partial charge in [-0.25, -0.2) is 22.8 Å². The van der Waals surface area contributed by atoms with E-state index in [1.165, 1.54) is 25.3 Å². The molecule has 210 valence electrons. The Bertz CT molecular complexity index is 1610. The van der Waals surface area contributed by atoms with Crippen LogP contribution in [0, 0.1) is 5.82 Å². The van der Waals surface area contributed by atoms with Crippen molar-refractivity contribution in [3.8, 4) is 5.75 Å². The van der Waals surface area contributed by atoms with Crippen LogP contribution < -0.4 is 14.8 Å². The Balaban J connectivity index is 1.55. The van der Waals surface area contributed by atoms with Crippen molar-refractivity contribution in [3.05, 3.63) is 78.1 Å². The minimum Gasteiger partial charge on any atom is -0.497 e. The smallest absolute Gasteiger partial charge is 0.263 e. The van der Waals surface area contributed by atoms with E-state index in [-0.39, 0.29) is 28.1 Å². The van der Waals surface area contributed by atoms with Crippen molar-refractivity contribution < 1.29 is 22.3 Å². The van der Waals surface area contributed by atoms with E-state index in [1.807, 2.05) is 25.1 Å². The number of carbonyl (C=O) groups is 1. The highest BCUT2D eigenvalue weighted by Crippen LogP contribution is 2.29. The highest BCUT2D eigenvalue weighted by atomic mass is 32.2. The van der Waals surface area contributed by atoms with Crippen LogP contribution in [0.5, 0.6) is 5.75 Å². The average molecular weight is 566 g/mol. The molecule has 9 nitrogen and oxygen atoms in total. The summed E-state index contributed by atoms with van der Waals surface area (Å²) in [4.78, 5) is 22.9. The van der Waals surface area contributed by atoms with Crippen molar-refractivity contribution in [2.75, 3.05) is 37.8 Å². The first-order valence-electron chi connectivity index (χ1n) is 12.8. The molecule has 40 heavy (non-hydrogen) atoms. The van der Waals surface area contributed by atoms with Gasteiger partial charge in [0.25, 0.3) is 10.0 Å². The molecule has 4 rings (SSSR count). The number of rotatable bonds is 13. The molecular weight excluding hydrogens is 533 g/mol. The number of likely N-dealkylation sites (N-methyl/N-ethyl adjacent to an activating group) is 1.